The van der Waals surface area contributed by atoms with Crippen LogP contribution in [0.3, 0.4) is 0 Å². The maximum Gasteiger partial charge on any atom is 0.343 e. The normalized spacial score (nSPS) is 18.2. The zero-order valence-corrected chi connectivity index (χ0v) is 18.5. The molecule has 5 rings (SSSR count). The first-order valence-corrected chi connectivity index (χ1v) is 10.7. The van der Waals surface area contributed by atoms with Crippen molar-refractivity contribution in [2.24, 2.45) is 0 Å². The van der Waals surface area contributed by atoms with Crippen molar-refractivity contribution in [1.29, 1.82) is 0 Å². The maximum absolute atomic E-state index is 14.3. The van der Waals surface area contributed by atoms with E-state index < -0.39 is 29.0 Å². The Labute approximate surface area is 192 Å². The zero-order chi connectivity index (χ0) is 24.4. The molecule has 2 amide bonds. The molecule has 2 aliphatic heterocycles. The molecule has 1 aromatic carbocycles. The number of nitrogens with zero attached hydrogens (tertiary/aromatic N) is 2. The summed E-state index contributed by atoms with van der Waals surface area (Å²) in [6.45, 7) is 1.60. The fourth-order valence-electron chi connectivity index (χ4n) is 4.66. The summed E-state index contributed by atoms with van der Waals surface area (Å²) in [5.74, 6) is -1.46. The summed E-state index contributed by atoms with van der Waals surface area (Å²) in [5, 5.41) is 16.8. The fourth-order valence-corrected chi connectivity index (χ4v) is 4.66. The van der Waals surface area contributed by atoms with Gasteiger partial charge in [-0.2, -0.15) is 0 Å². The van der Waals surface area contributed by atoms with Crippen molar-refractivity contribution in [2.45, 2.75) is 38.6 Å². The fraction of sp³-hybridized carbons (Fsp3) is 0.304. The number of fused-ring (bicyclic) bond motifs is 5. The van der Waals surface area contributed by atoms with Gasteiger partial charge in [-0.1, -0.05) is 6.92 Å². The molecule has 0 unspecified atom stereocenters. The second kappa shape index (κ2) is 7.52. The van der Waals surface area contributed by atoms with Gasteiger partial charge in [-0.15, -0.1) is 0 Å². The van der Waals surface area contributed by atoms with Crippen molar-refractivity contribution < 1.29 is 23.8 Å². The van der Waals surface area contributed by atoms with E-state index in [0.717, 1.165) is 0 Å². The van der Waals surface area contributed by atoms with E-state index in [4.69, 9.17) is 10.5 Å². The molecule has 11 heteroatoms. The lowest BCUT2D eigenvalue weighted by molar-refractivity contribution is -0.172. The summed E-state index contributed by atoms with van der Waals surface area (Å²) in [6.07, 6.45) is 0.0194. The van der Waals surface area contributed by atoms with E-state index in [-0.39, 0.29) is 42.9 Å². The molecule has 0 spiro atoms. The Morgan fingerprint density at radius 2 is 2.09 bits per heavy atom. The standard InChI is InChI=1S/C23H22FN5O5/c1-3-23(33)14-5-18-19-12(8-29(18)20(30)13(14)9-34-21(23)31)11(7-27-22(32)26-2)10-4-16(25)15(24)6-17(10)28-19/h4-6,33H,3,7-9,25H2,1-2H3,(H2,26,27,32)/t23-/m0/s1. The Balaban J connectivity index is 1.78. The number of cyclic esters (lactones) is 1. The summed E-state index contributed by atoms with van der Waals surface area (Å²) in [6, 6.07) is 3.82. The van der Waals surface area contributed by atoms with Gasteiger partial charge in [0.15, 0.2) is 5.60 Å². The third-order valence-electron chi connectivity index (χ3n) is 6.58. The minimum Gasteiger partial charge on any atom is -0.458 e. The van der Waals surface area contributed by atoms with Gasteiger partial charge in [0.25, 0.3) is 5.56 Å². The summed E-state index contributed by atoms with van der Waals surface area (Å²) in [5.41, 5.74) is 6.13. The SMILES string of the molecule is CC[C@@]1(O)C(=O)OCc2c1cc1n(c2=O)Cc2c-1nc1cc(F)c(N)cc1c2CNC(=O)NC. The summed E-state index contributed by atoms with van der Waals surface area (Å²) in [7, 11) is 1.48. The molecule has 0 bridgehead atoms. The van der Waals surface area contributed by atoms with E-state index in [1.54, 1.807) is 13.0 Å². The highest BCUT2D eigenvalue weighted by Crippen LogP contribution is 2.40. The van der Waals surface area contributed by atoms with Gasteiger partial charge in [0.1, 0.15) is 12.4 Å². The Morgan fingerprint density at radius 1 is 1.32 bits per heavy atom. The molecule has 0 radical (unpaired) electrons. The largest absolute Gasteiger partial charge is 0.458 e. The van der Waals surface area contributed by atoms with Crippen LogP contribution in [-0.2, 0) is 34.8 Å². The quantitative estimate of drug-likeness (QED) is 0.262. The summed E-state index contributed by atoms with van der Waals surface area (Å²) < 4.78 is 20.9. The van der Waals surface area contributed by atoms with Gasteiger partial charge < -0.3 is 30.8 Å². The second-order valence-corrected chi connectivity index (χ2v) is 8.34. The lowest BCUT2D eigenvalue weighted by Crippen LogP contribution is -2.44. The van der Waals surface area contributed by atoms with E-state index in [1.807, 2.05) is 0 Å². The van der Waals surface area contributed by atoms with Gasteiger partial charge in [0.05, 0.1) is 34.7 Å². The molecule has 2 aliphatic rings. The van der Waals surface area contributed by atoms with Gasteiger partial charge in [0, 0.05) is 36.2 Å². The number of hydrogen-bond donors (Lipinski definition) is 4. The highest BCUT2D eigenvalue weighted by Gasteiger charge is 2.45. The van der Waals surface area contributed by atoms with Crippen LogP contribution < -0.4 is 21.9 Å². The Hall–Kier alpha value is -3.99. The van der Waals surface area contributed by atoms with Gasteiger partial charge in [-0.3, -0.25) is 4.79 Å². The number of halogens is 1. The molecule has 2 aromatic heterocycles. The number of amides is 2. The number of carbonyl (C=O) groups is 2. The molecule has 176 valence electrons. The van der Waals surface area contributed by atoms with Crippen molar-refractivity contribution in [3.05, 3.63) is 56.6 Å². The monoisotopic (exact) mass is 467 g/mol. The van der Waals surface area contributed by atoms with Crippen LogP contribution in [-0.4, -0.2) is 33.7 Å². The number of rotatable bonds is 3. The van der Waals surface area contributed by atoms with Crippen LogP contribution >= 0.6 is 0 Å². The number of ether oxygens (including phenoxy) is 1. The van der Waals surface area contributed by atoms with Crippen LogP contribution in [0.5, 0.6) is 0 Å². The Bertz CT molecular complexity index is 1470. The minimum atomic E-state index is -1.95. The van der Waals surface area contributed by atoms with Gasteiger partial charge >= 0.3 is 12.0 Å². The second-order valence-electron chi connectivity index (χ2n) is 8.34. The summed E-state index contributed by atoms with van der Waals surface area (Å²) >= 11 is 0. The molecule has 5 N–H and O–H groups in total. The third kappa shape index (κ3) is 2.97. The number of esters is 1. The zero-order valence-electron chi connectivity index (χ0n) is 18.5. The first-order chi connectivity index (χ1) is 16.2. The lowest BCUT2D eigenvalue weighted by atomic mass is 9.86. The molecule has 0 aliphatic carbocycles. The molecule has 0 saturated heterocycles. The molecule has 4 heterocycles. The number of benzene rings is 1. The number of hydrogen-bond acceptors (Lipinski definition) is 7. The van der Waals surface area contributed by atoms with E-state index in [0.29, 0.717) is 33.4 Å². The number of carbonyl (C=O) groups excluding carboxylic acids is 2. The van der Waals surface area contributed by atoms with Crippen LogP contribution in [0.1, 0.15) is 35.6 Å². The predicted octanol–water partition coefficient (Wildman–Crippen LogP) is 1.23. The molecular weight excluding hydrogens is 445 g/mol. The Kier molecular flexibility index (Phi) is 4.83. The number of urea groups is 1. The van der Waals surface area contributed by atoms with Crippen molar-refractivity contribution in [3.63, 3.8) is 0 Å². The van der Waals surface area contributed by atoms with E-state index >= 15 is 0 Å². The first kappa shape index (κ1) is 21.8. The highest BCUT2D eigenvalue weighted by atomic mass is 19.1. The van der Waals surface area contributed by atoms with Crippen molar-refractivity contribution in [1.82, 2.24) is 20.2 Å². The molecule has 0 fully saturated rings. The number of aromatic nitrogens is 2. The number of nitrogens with one attached hydrogen (secondary N) is 2. The lowest BCUT2D eigenvalue weighted by Gasteiger charge is -2.31. The molecule has 10 nitrogen and oxygen atoms in total. The van der Waals surface area contributed by atoms with Crippen LogP contribution in [0.4, 0.5) is 14.9 Å². The molecule has 1 atom stereocenters. The minimum absolute atomic E-state index is 0.0194. The van der Waals surface area contributed by atoms with Gasteiger partial charge in [-0.05, 0) is 24.1 Å². The van der Waals surface area contributed by atoms with Crippen molar-refractivity contribution in [3.8, 4) is 11.4 Å². The number of aliphatic hydroxyl groups is 1. The van der Waals surface area contributed by atoms with Gasteiger partial charge in [0.2, 0.25) is 0 Å². The van der Waals surface area contributed by atoms with Gasteiger partial charge in [-0.25, -0.2) is 19.0 Å². The van der Waals surface area contributed by atoms with Crippen LogP contribution in [0.25, 0.3) is 22.3 Å². The van der Waals surface area contributed by atoms with Crippen LogP contribution in [0.15, 0.2) is 23.0 Å². The van der Waals surface area contributed by atoms with E-state index in [1.165, 1.54) is 23.7 Å². The molecule has 0 saturated carbocycles. The first-order valence-electron chi connectivity index (χ1n) is 10.7. The number of nitrogens with two attached hydrogens (primary N) is 1. The van der Waals surface area contributed by atoms with E-state index in [9.17, 15) is 23.9 Å². The highest BCUT2D eigenvalue weighted by molar-refractivity contribution is 5.91. The van der Waals surface area contributed by atoms with Crippen LogP contribution in [0.2, 0.25) is 0 Å². The van der Waals surface area contributed by atoms with Crippen LogP contribution in [0, 0.1) is 5.82 Å². The number of nitrogen functional groups attached to an aromatic ring is 1. The van der Waals surface area contributed by atoms with Crippen molar-refractivity contribution >= 4 is 28.6 Å². The summed E-state index contributed by atoms with van der Waals surface area (Å²) in [4.78, 5) is 42.2. The average molecular weight is 467 g/mol. The molecule has 34 heavy (non-hydrogen) atoms. The Morgan fingerprint density at radius 3 is 2.79 bits per heavy atom. The van der Waals surface area contributed by atoms with Crippen molar-refractivity contribution in [2.75, 3.05) is 12.8 Å². The predicted molar refractivity (Wildman–Crippen MR) is 120 cm³/mol. The third-order valence-corrected chi connectivity index (χ3v) is 6.58. The smallest absolute Gasteiger partial charge is 0.343 e. The maximum atomic E-state index is 14.3. The average Bonchev–Trinajstić information content (AvgIpc) is 3.19. The topological polar surface area (TPSA) is 149 Å². The molecular formula is C23H22FN5O5. The number of pyridine rings is 2. The molecule has 3 aromatic rings. The number of anilines is 1. The van der Waals surface area contributed by atoms with E-state index in [2.05, 4.69) is 15.6 Å².